The zero-order valence-electron chi connectivity index (χ0n) is 11.0. The Morgan fingerprint density at radius 2 is 1.93 bits per heavy atom. The minimum Gasteiger partial charge on any atom is -0.312 e. The molecule has 1 aliphatic rings. The van der Waals surface area contributed by atoms with Crippen molar-refractivity contribution in [2.45, 2.75) is 57.7 Å². The van der Waals surface area contributed by atoms with Crippen molar-refractivity contribution in [1.82, 2.24) is 5.32 Å². The lowest BCUT2D eigenvalue weighted by Gasteiger charge is -2.36. The van der Waals surface area contributed by atoms with Gasteiger partial charge in [-0.05, 0) is 38.4 Å². The van der Waals surface area contributed by atoms with Crippen LogP contribution in [0, 0.1) is 11.8 Å². The van der Waals surface area contributed by atoms with E-state index in [0.717, 1.165) is 24.4 Å². The topological polar surface area (TPSA) is 12.0 Å². The Hall–Kier alpha value is 0.310. The average Bonchev–Trinajstić information content (AvgIpc) is 2.20. The van der Waals surface area contributed by atoms with E-state index < -0.39 is 0 Å². The Morgan fingerprint density at radius 1 is 1.27 bits per heavy atom. The molecule has 0 bridgehead atoms. The second-order valence-electron chi connectivity index (χ2n) is 5.72. The monoisotopic (exact) mass is 229 g/mol. The van der Waals surface area contributed by atoms with Gasteiger partial charge in [0.05, 0.1) is 0 Å². The van der Waals surface area contributed by atoms with Gasteiger partial charge in [0.15, 0.2) is 0 Å². The Bertz CT molecular complexity index is 191. The SMILES string of the molecule is CSC(C)(C)CNC1CCCC(C)C1C. The number of hydrogen-bond donors (Lipinski definition) is 1. The summed E-state index contributed by atoms with van der Waals surface area (Å²) in [6.07, 6.45) is 6.40. The molecule has 0 heterocycles. The second-order valence-corrected chi connectivity index (χ2v) is 7.23. The lowest BCUT2D eigenvalue weighted by atomic mass is 9.78. The molecule has 1 N–H and O–H groups in total. The summed E-state index contributed by atoms with van der Waals surface area (Å²) in [6.45, 7) is 10.6. The molecule has 1 rings (SSSR count). The van der Waals surface area contributed by atoms with Gasteiger partial charge in [-0.1, -0.05) is 26.7 Å². The molecular weight excluding hydrogens is 202 g/mol. The molecule has 1 nitrogen and oxygen atoms in total. The summed E-state index contributed by atoms with van der Waals surface area (Å²) in [5, 5.41) is 3.77. The van der Waals surface area contributed by atoms with Crippen molar-refractivity contribution < 1.29 is 0 Å². The average molecular weight is 229 g/mol. The fraction of sp³-hybridized carbons (Fsp3) is 1.00. The van der Waals surface area contributed by atoms with Gasteiger partial charge >= 0.3 is 0 Å². The molecular formula is C13H27NS. The van der Waals surface area contributed by atoms with Crippen LogP contribution in [-0.4, -0.2) is 23.6 Å². The number of rotatable bonds is 4. The minimum absolute atomic E-state index is 0.375. The molecule has 1 aliphatic carbocycles. The van der Waals surface area contributed by atoms with Crippen molar-refractivity contribution in [3.8, 4) is 0 Å². The maximum Gasteiger partial charge on any atom is 0.0225 e. The molecule has 15 heavy (non-hydrogen) atoms. The van der Waals surface area contributed by atoms with Gasteiger partial charge in [0.1, 0.15) is 0 Å². The van der Waals surface area contributed by atoms with Crippen LogP contribution in [0.1, 0.15) is 47.0 Å². The highest BCUT2D eigenvalue weighted by atomic mass is 32.2. The third-order valence-corrected chi connectivity index (χ3v) is 5.30. The molecule has 0 saturated heterocycles. The number of nitrogens with one attached hydrogen (secondary N) is 1. The molecule has 0 aromatic rings. The van der Waals surface area contributed by atoms with Crippen LogP contribution in [0.15, 0.2) is 0 Å². The lowest BCUT2D eigenvalue weighted by Crippen LogP contribution is -2.45. The molecule has 90 valence electrons. The molecule has 0 amide bonds. The highest BCUT2D eigenvalue weighted by molar-refractivity contribution is 7.99. The maximum absolute atomic E-state index is 3.77. The zero-order valence-corrected chi connectivity index (χ0v) is 11.8. The quantitative estimate of drug-likeness (QED) is 0.791. The van der Waals surface area contributed by atoms with Crippen molar-refractivity contribution >= 4 is 11.8 Å². The fourth-order valence-corrected chi connectivity index (χ4v) is 2.55. The number of hydrogen-bond acceptors (Lipinski definition) is 2. The van der Waals surface area contributed by atoms with E-state index in [0.29, 0.717) is 4.75 Å². The number of thioether (sulfide) groups is 1. The van der Waals surface area contributed by atoms with Crippen molar-refractivity contribution in [2.75, 3.05) is 12.8 Å². The molecule has 0 spiro atoms. The Balaban J connectivity index is 2.37. The van der Waals surface area contributed by atoms with E-state index in [4.69, 9.17) is 0 Å². The Labute approximate surface area is 99.8 Å². The largest absolute Gasteiger partial charge is 0.312 e. The lowest BCUT2D eigenvalue weighted by molar-refractivity contribution is 0.205. The summed E-state index contributed by atoms with van der Waals surface area (Å²) in [5.74, 6) is 1.74. The van der Waals surface area contributed by atoms with Crippen LogP contribution in [0.5, 0.6) is 0 Å². The highest BCUT2D eigenvalue weighted by Crippen LogP contribution is 2.30. The summed E-state index contributed by atoms with van der Waals surface area (Å²) in [5.41, 5.74) is 0. The molecule has 0 aromatic heterocycles. The summed E-state index contributed by atoms with van der Waals surface area (Å²) in [4.78, 5) is 0. The second kappa shape index (κ2) is 5.58. The van der Waals surface area contributed by atoms with Gasteiger partial charge in [0, 0.05) is 17.3 Å². The smallest absolute Gasteiger partial charge is 0.0225 e. The zero-order chi connectivity index (χ0) is 11.5. The third-order valence-electron chi connectivity index (χ3n) is 4.05. The first kappa shape index (κ1) is 13.4. The van der Waals surface area contributed by atoms with Crippen LogP contribution in [-0.2, 0) is 0 Å². The van der Waals surface area contributed by atoms with Gasteiger partial charge in [-0.15, -0.1) is 0 Å². The first-order valence-electron chi connectivity index (χ1n) is 6.25. The van der Waals surface area contributed by atoms with Crippen molar-refractivity contribution in [1.29, 1.82) is 0 Å². The Morgan fingerprint density at radius 3 is 2.53 bits per heavy atom. The molecule has 3 unspecified atom stereocenters. The summed E-state index contributed by atoms with van der Waals surface area (Å²) in [6, 6.07) is 0.750. The van der Waals surface area contributed by atoms with Crippen LogP contribution >= 0.6 is 11.8 Å². The summed E-state index contributed by atoms with van der Waals surface area (Å²) in [7, 11) is 0. The van der Waals surface area contributed by atoms with Crippen LogP contribution in [0.4, 0.5) is 0 Å². The highest BCUT2D eigenvalue weighted by Gasteiger charge is 2.28. The molecule has 0 aliphatic heterocycles. The first-order chi connectivity index (χ1) is 6.96. The first-order valence-corrected chi connectivity index (χ1v) is 7.47. The van der Waals surface area contributed by atoms with Crippen LogP contribution in [0.2, 0.25) is 0 Å². The minimum atomic E-state index is 0.375. The molecule has 0 radical (unpaired) electrons. The predicted molar refractivity (Wildman–Crippen MR) is 71.6 cm³/mol. The summed E-state index contributed by atoms with van der Waals surface area (Å²) >= 11 is 1.96. The van der Waals surface area contributed by atoms with Gasteiger partial charge in [0.25, 0.3) is 0 Å². The van der Waals surface area contributed by atoms with Crippen LogP contribution < -0.4 is 5.32 Å². The van der Waals surface area contributed by atoms with Crippen molar-refractivity contribution in [3.63, 3.8) is 0 Å². The normalized spacial score (nSPS) is 33.0. The van der Waals surface area contributed by atoms with E-state index in [9.17, 15) is 0 Å². The van der Waals surface area contributed by atoms with E-state index in [-0.39, 0.29) is 0 Å². The molecule has 1 saturated carbocycles. The summed E-state index contributed by atoms with van der Waals surface area (Å²) < 4.78 is 0.375. The molecule has 1 fully saturated rings. The van der Waals surface area contributed by atoms with Gasteiger partial charge in [-0.25, -0.2) is 0 Å². The van der Waals surface area contributed by atoms with Gasteiger partial charge in [-0.2, -0.15) is 11.8 Å². The molecule has 2 heteroatoms. The van der Waals surface area contributed by atoms with Crippen LogP contribution in [0.25, 0.3) is 0 Å². The predicted octanol–water partition coefficient (Wildman–Crippen LogP) is 3.54. The van der Waals surface area contributed by atoms with E-state index in [1.54, 1.807) is 0 Å². The Kier molecular flexibility index (Phi) is 4.98. The molecule has 3 atom stereocenters. The van der Waals surface area contributed by atoms with E-state index in [1.807, 2.05) is 11.8 Å². The third kappa shape index (κ3) is 3.99. The van der Waals surface area contributed by atoms with Gasteiger partial charge in [-0.3, -0.25) is 0 Å². The van der Waals surface area contributed by atoms with Crippen LogP contribution in [0.3, 0.4) is 0 Å². The van der Waals surface area contributed by atoms with Gasteiger partial charge in [0.2, 0.25) is 0 Å². The fourth-order valence-electron chi connectivity index (χ4n) is 2.32. The van der Waals surface area contributed by atoms with Crippen molar-refractivity contribution in [2.24, 2.45) is 11.8 Å². The van der Waals surface area contributed by atoms with Gasteiger partial charge < -0.3 is 5.32 Å². The van der Waals surface area contributed by atoms with E-state index in [2.05, 4.69) is 39.3 Å². The maximum atomic E-state index is 3.77. The van der Waals surface area contributed by atoms with Crippen molar-refractivity contribution in [3.05, 3.63) is 0 Å². The van der Waals surface area contributed by atoms with E-state index in [1.165, 1.54) is 19.3 Å². The van der Waals surface area contributed by atoms with E-state index >= 15 is 0 Å². The molecule has 0 aromatic carbocycles. The standard InChI is InChI=1S/C13H27NS/c1-10-7-6-8-12(11(10)2)14-9-13(3,4)15-5/h10-12,14H,6-9H2,1-5H3.